The Morgan fingerprint density at radius 3 is 2.91 bits per heavy atom. The number of carbonyl (C=O) groups excluding carboxylic acids is 1. The number of ether oxygens (including phenoxy) is 3. The van der Waals surface area contributed by atoms with Crippen LogP contribution in [0.2, 0.25) is 0 Å². The highest BCUT2D eigenvalue weighted by molar-refractivity contribution is 7.99. The minimum Gasteiger partial charge on any atom is -0.454 e. The Hall–Kier alpha value is -2.36. The van der Waals surface area contributed by atoms with Crippen LogP contribution in [0, 0.1) is 6.92 Å². The molecule has 3 aliphatic heterocycles. The van der Waals surface area contributed by atoms with Crippen LogP contribution < -0.4 is 9.47 Å². The zero-order chi connectivity index (χ0) is 22.6. The van der Waals surface area contributed by atoms with Gasteiger partial charge in [-0.15, -0.1) is 0 Å². The predicted octanol–water partition coefficient (Wildman–Crippen LogP) is 2.96. The van der Waals surface area contributed by atoms with Gasteiger partial charge < -0.3 is 19.1 Å². The number of fused-ring (bicyclic) bond motifs is 1. The molecule has 0 saturated carbocycles. The molecule has 1 atom stereocenters. The maximum Gasteiger partial charge on any atom is 0.254 e. The van der Waals surface area contributed by atoms with E-state index in [1.807, 2.05) is 23.2 Å². The number of carbonyl (C=O) groups is 1. The zero-order valence-corrected chi connectivity index (χ0v) is 19.8. The zero-order valence-electron chi connectivity index (χ0n) is 19.0. The number of nitrogens with zero attached hydrogens (tertiary/aromatic N) is 4. The number of aromatic nitrogens is 2. The highest BCUT2D eigenvalue weighted by Gasteiger charge is 2.28. The first-order valence-electron chi connectivity index (χ1n) is 11.6. The maximum absolute atomic E-state index is 13.2. The number of piperidine rings is 1. The third kappa shape index (κ3) is 5.26. The molecule has 0 N–H and O–H groups in total. The highest BCUT2D eigenvalue weighted by atomic mass is 32.2. The number of hydrogen-bond donors (Lipinski definition) is 0. The lowest BCUT2D eigenvalue weighted by atomic mass is 9.92. The van der Waals surface area contributed by atoms with Crippen molar-refractivity contribution in [3.05, 3.63) is 41.2 Å². The topological polar surface area (TPSA) is 77.0 Å². The fourth-order valence-electron chi connectivity index (χ4n) is 4.61. The second kappa shape index (κ2) is 10.3. The summed E-state index contributed by atoms with van der Waals surface area (Å²) >= 11 is 1.71. The van der Waals surface area contributed by atoms with Crippen LogP contribution in [0.1, 0.15) is 40.4 Å². The van der Waals surface area contributed by atoms with Crippen molar-refractivity contribution in [2.24, 2.45) is 0 Å². The molecule has 3 aliphatic rings. The van der Waals surface area contributed by atoms with E-state index in [4.69, 9.17) is 19.2 Å². The Morgan fingerprint density at radius 1 is 1.18 bits per heavy atom. The number of rotatable bonds is 6. The van der Waals surface area contributed by atoms with Gasteiger partial charge in [-0.25, -0.2) is 9.97 Å². The first kappa shape index (κ1) is 22.4. The second-order valence-electron chi connectivity index (χ2n) is 8.68. The summed E-state index contributed by atoms with van der Waals surface area (Å²) < 4.78 is 16.2. The van der Waals surface area contributed by atoms with Crippen LogP contribution in [0.5, 0.6) is 11.5 Å². The van der Waals surface area contributed by atoms with Gasteiger partial charge in [0.25, 0.3) is 5.91 Å². The lowest BCUT2D eigenvalue weighted by Gasteiger charge is -2.33. The highest BCUT2D eigenvalue weighted by Crippen LogP contribution is 2.34. The standard InChI is InChI=1S/C24H30N4O4S/c1-17-14-25-24(33-12-9-27-7-10-30-11-8-27)26-22(17)19-3-2-6-28(15-19)23(29)18-4-5-20-21(13-18)32-16-31-20/h4-5,13-14,19H,2-3,6-12,15-16H2,1H3. The monoisotopic (exact) mass is 470 g/mol. The van der Waals surface area contributed by atoms with Gasteiger partial charge in [0, 0.05) is 56.2 Å². The third-order valence-corrected chi connectivity index (χ3v) is 7.29. The van der Waals surface area contributed by atoms with Gasteiger partial charge in [0.2, 0.25) is 6.79 Å². The second-order valence-corrected chi connectivity index (χ2v) is 9.74. The van der Waals surface area contributed by atoms with Crippen LogP contribution in [0.15, 0.2) is 29.6 Å². The molecular formula is C24H30N4O4S. The fraction of sp³-hybridized carbons (Fsp3) is 0.542. The van der Waals surface area contributed by atoms with E-state index in [1.165, 1.54) is 0 Å². The number of morpholine rings is 1. The largest absolute Gasteiger partial charge is 0.454 e. The average Bonchev–Trinajstić information content (AvgIpc) is 3.33. The maximum atomic E-state index is 13.2. The number of likely N-dealkylation sites (tertiary alicyclic amines) is 1. The van der Waals surface area contributed by atoms with Crippen LogP contribution in [-0.2, 0) is 4.74 Å². The summed E-state index contributed by atoms with van der Waals surface area (Å²) in [5.41, 5.74) is 2.80. The Balaban J connectivity index is 1.23. The van der Waals surface area contributed by atoms with Gasteiger partial charge in [0.1, 0.15) is 0 Å². The quantitative estimate of drug-likeness (QED) is 0.471. The molecular weight excluding hydrogens is 440 g/mol. The lowest BCUT2D eigenvalue weighted by Crippen LogP contribution is -2.39. The van der Waals surface area contributed by atoms with Crippen LogP contribution in [0.4, 0.5) is 0 Å². The Morgan fingerprint density at radius 2 is 2.03 bits per heavy atom. The van der Waals surface area contributed by atoms with E-state index >= 15 is 0 Å². The summed E-state index contributed by atoms with van der Waals surface area (Å²) in [6.45, 7) is 8.35. The summed E-state index contributed by atoms with van der Waals surface area (Å²) in [6, 6.07) is 5.41. The molecule has 2 aromatic rings. The summed E-state index contributed by atoms with van der Waals surface area (Å²) in [5.74, 6) is 2.54. The van der Waals surface area contributed by atoms with Gasteiger partial charge in [-0.1, -0.05) is 11.8 Å². The number of thioether (sulfide) groups is 1. The Kier molecular flexibility index (Phi) is 6.99. The molecule has 0 aliphatic carbocycles. The lowest BCUT2D eigenvalue weighted by molar-refractivity contribution is 0.0410. The summed E-state index contributed by atoms with van der Waals surface area (Å²) in [7, 11) is 0. The van der Waals surface area contributed by atoms with Crippen molar-refractivity contribution in [3.63, 3.8) is 0 Å². The van der Waals surface area contributed by atoms with Crippen LogP contribution in [-0.4, -0.2) is 84.2 Å². The molecule has 33 heavy (non-hydrogen) atoms. The SMILES string of the molecule is Cc1cnc(SCCN2CCOCC2)nc1C1CCCN(C(=O)c2ccc3c(c2)OCO3)C1. The Bertz CT molecular complexity index is 998. The molecule has 176 valence electrons. The van der Waals surface area contributed by atoms with Gasteiger partial charge in [0.05, 0.1) is 18.9 Å². The minimum absolute atomic E-state index is 0.0322. The van der Waals surface area contributed by atoms with E-state index in [2.05, 4.69) is 16.8 Å². The molecule has 0 bridgehead atoms. The van der Waals surface area contributed by atoms with Crippen molar-refractivity contribution in [2.45, 2.75) is 30.8 Å². The summed E-state index contributed by atoms with van der Waals surface area (Å²) in [4.78, 5) is 27.0. The first-order valence-corrected chi connectivity index (χ1v) is 12.6. The van der Waals surface area contributed by atoms with E-state index in [0.717, 1.165) is 74.4 Å². The van der Waals surface area contributed by atoms with Crippen molar-refractivity contribution < 1.29 is 19.0 Å². The van der Waals surface area contributed by atoms with Crippen LogP contribution in [0.25, 0.3) is 0 Å². The van der Waals surface area contributed by atoms with Crippen LogP contribution in [0.3, 0.4) is 0 Å². The number of amides is 1. The van der Waals surface area contributed by atoms with E-state index in [9.17, 15) is 4.79 Å². The molecule has 9 heteroatoms. The molecule has 0 radical (unpaired) electrons. The van der Waals surface area contributed by atoms with Crippen molar-refractivity contribution in [2.75, 3.05) is 58.5 Å². The van der Waals surface area contributed by atoms with Crippen molar-refractivity contribution in [1.29, 1.82) is 0 Å². The Labute approximate surface area is 198 Å². The van der Waals surface area contributed by atoms with E-state index in [0.29, 0.717) is 23.6 Å². The molecule has 2 fully saturated rings. The van der Waals surface area contributed by atoms with Crippen LogP contribution >= 0.6 is 11.8 Å². The molecule has 4 heterocycles. The molecule has 1 aromatic heterocycles. The van der Waals surface area contributed by atoms with Gasteiger partial charge >= 0.3 is 0 Å². The van der Waals surface area contributed by atoms with Crippen molar-refractivity contribution in [3.8, 4) is 11.5 Å². The van der Waals surface area contributed by atoms with Gasteiger partial charge in [0.15, 0.2) is 16.7 Å². The summed E-state index contributed by atoms with van der Waals surface area (Å²) in [5, 5.41) is 0.822. The molecule has 5 rings (SSSR count). The minimum atomic E-state index is 0.0322. The predicted molar refractivity (Wildman–Crippen MR) is 125 cm³/mol. The first-order chi connectivity index (χ1) is 16.2. The summed E-state index contributed by atoms with van der Waals surface area (Å²) in [6.07, 6.45) is 3.92. The van der Waals surface area contributed by atoms with Crippen molar-refractivity contribution in [1.82, 2.24) is 19.8 Å². The fourth-order valence-corrected chi connectivity index (χ4v) is 5.43. The third-order valence-electron chi connectivity index (χ3n) is 6.45. The van der Waals surface area contributed by atoms with E-state index < -0.39 is 0 Å². The van der Waals surface area contributed by atoms with Crippen molar-refractivity contribution >= 4 is 17.7 Å². The van der Waals surface area contributed by atoms with Gasteiger partial charge in [-0.2, -0.15) is 0 Å². The molecule has 1 unspecified atom stereocenters. The smallest absolute Gasteiger partial charge is 0.254 e. The molecule has 1 aromatic carbocycles. The molecule has 8 nitrogen and oxygen atoms in total. The van der Waals surface area contributed by atoms with E-state index in [1.54, 1.807) is 17.8 Å². The van der Waals surface area contributed by atoms with E-state index in [-0.39, 0.29) is 18.6 Å². The van der Waals surface area contributed by atoms with Gasteiger partial charge in [-0.05, 0) is 43.5 Å². The average molecular weight is 471 g/mol. The molecule has 0 spiro atoms. The van der Waals surface area contributed by atoms with Gasteiger partial charge in [-0.3, -0.25) is 9.69 Å². The number of aryl methyl sites for hydroxylation is 1. The molecule has 1 amide bonds. The number of hydrogen-bond acceptors (Lipinski definition) is 8. The number of benzene rings is 1. The normalized spacial score (nSPS) is 20.8. The molecule has 2 saturated heterocycles.